The molecule has 0 bridgehead atoms. The molecular formula is C11H12F2N2O3. The third-order valence-corrected chi connectivity index (χ3v) is 2.09. The van der Waals surface area contributed by atoms with Crippen LogP contribution in [0.15, 0.2) is 18.2 Å². The monoisotopic (exact) mass is 258 g/mol. The van der Waals surface area contributed by atoms with E-state index in [1.165, 1.54) is 6.92 Å². The Labute approximate surface area is 102 Å². The SMILES string of the molecule is C[C@H](NCC(=O)Nc1cc(F)cc(F)c1)C(=O)O. The van der Waals surface area contributed by atoms with E-state index in [-0.39, 0.29) is 12.2 Å². The summed E-state index contributed by atoms with van der Waals surface area (Å²) in [6, 6.07) is 1.71. The highest BCUT2D eigenvalue weighted by Gasteiger charge is 2.12. The van der Waals surface area contributed by atoms with Crippen LogP contribution in [0.5, 0.6) is 0 Å². The predicted octanol–water partition coefficient (Wildman–Crippen LogP) is 0.966. The number of carbonyl (C=O) groups excluding carboxylic acids is 1. The first-order chi connectivity index (χ1) is 8.38. The molecule has 1 amide bonds. The molecule has 1 aromatic rings. The van der Waals surface area contributed by atoms with E-state index in [2.05, 4.69) is 10.6 Å². The molecule has 0 radical (unpaired) electrons. The smallest absolute Gasteiger partial charge is 0.320 e. The van der Waals surface area contributed by atoms with E-state index in [0.717, 1.165) is 12.1 Å². The summed E-state index contributed by atoms with van der Waals surface area (Å²) in [5, 5.41) is 13.2. The zero-order valence-corrected chi connectivity index (χ0v) is 9.54. The molecule has 0 unspecified atom stereocenters. The standard InChI is InChI=1S/C11H12F2N2O3/c1-6(11(17)18)14-5-10(16)15-9-3-7(12)2-8(13)4-9/h2-4,6,14H,5H2,1H3,(H,15,16)(H,17,18)/t6-/m0/s1. The van der Waals surface area contributed by atoms with Gasteiger partial charge in [0.15, 0.2) is 0 Å². The number of carbonyl (C=O) groups is 2. The maximum atomic E-state index is 12.8. The number of carboxylic acid groups (broad SMARTS) is 1. The number of rotatable bonds is 5. The quantitative estimate of drug-likeness (QED) is 0.735. The molecule has 0 saturated heterocycles. The van der Waals surface area contributed by atoms with Crippen LogP contribution in [-0.4, -0.2) is 29.6 Å². The van der Waals surface area contributed by atoms with E-state index in [9.17, 15) is 18.4 Å². The molecule has 1 rings (SSSR count). The van der Waals surface area contributed by atoms with Crippen molar-refractivity contribution in [2.24, 2.45) is 0 Å². The molecule has 0 aliphatic rings. The van der Waals surface area contributed by atoms with E-state index in [1.807, 2.05) is 0 Å². The Hall–Kier alpha value is -2.02. The largest absolute Gasteiger partial charge is 0.480 e. The molecule has 1 aromatic carbocycles. The minimum Gasteiger partial charge on any atom is -0.480 e. The molecule has 1 atom stereocenters. The summed E-state index contributed by atoms with van der Waals surface area (Å²) in [4.78, 5) is 21.8. The Morgan fingerprint density at radius 2 is 1.83 bits per heavy atom. The molecular weight excluding hydrogens is 246 g/mol. The molecule has 0 fully saturated rings. The van der Waals surface area contributed by atoms with Crippen molar-refractivity contribution in [2.75, 3.05) is 11.9 Å². The first kappa shape index (κ1) is 14.0. The van der Waals surface area contributed by atoms with Crippen molar-refractivity contribution in [3.8, 4) is 0 Å². The van der Waals surface area contributed by atoms with Crippen LogP contribution in [0, 0.1) is 11.6 Å². The number of halogens is 2. The Bertz CT molecular complexity index is 445. The minimum absolute atomic E-state index is 0.0257. The molecule has 0 saturated carbocycles. The summed E-state index contributed by atoms with van der Waals surface area (Å²) in [5.74, 6) is -3.30. The molecule has 0 heterocycles. The molecule has 98 valence electrons. The number of benzene rings is 1. The third kappa shape index (κ3) is 4.46. The van der Waals surface area contributed by atoms with Crippen molar-refractivity contribution in [2.45, 2.75) is 13.0 Å². The lowest BCUT2D eigenvalue weighted by atomic mass is 10.3. The van der Waals surface area contributed by atoms with Gasteiger partial charge in [-0.1, -0.05) is 0 Å². The van der Waals surface area contributed by atoms with Crippen LogP contribution >= 0.6 is 0 Å². The van der Waals surface area contributed by atoms with E-state index in [0.29, 0.717) is 6.07 Å². The van der Waals surface area contributed by atoms with Crippen LogP contribution in [0.4, 0.5) is 14.5 Å². The van der Waals surface area contributed by atoms with Gasteiger partial charge in [0.25, 0.3) is 0 Å². The lowest BCUT2D eigenvalue weighted by Gasteiger charge is -2.09. The number of carboxylic acids is 1. The maximum absolute atomic E-state index is 12.8. The van der Waals surface area contributed by atoms with Crippen LogP contribution in [0.25, 0.3) is 0 Å². The molecule has 5 nitrogen and oxygen atoms in total. The zero-order valence-electron chi connectivity index (χ0n) is 9.54. The molecule has 0 spiro atoms. The van der Waals surface area contributed by atoms with Crippen molar-refractivity contribution in [3.63, 3.8) is 0 Å². The van der Waals surface area contributed by atoms with Crippen LogP contribution < -0.4 is 10.6 Å². The van der Waals surface area contributed by atoms with Gasteiger partial charge in [0.05, 0.1) is 6.54 Å². The van der Waals surface area contributed by atoms with Crippen LogP contribution in [0.3, 0.4) is 0 Å². The summed E-state index contributed by atoms with van der Waals surface area (Å²) in [6.45, 7) is 1.10. The second-order valence-electron chi connectivity index (χ2n) is 3.65. The zero-order chi connectivity index (χ0) is 13.7. The van der Waals surface area contributed by atoms with Crippen LogP contribution in [-0.2, 0) is 9.59 Å². The maximum Gasteiger partial charge on any atom is 0.320 e. The highest BCUT2D eigenvalue weighted by molar-refractivity contribution is 5.92. The van der Waals surface area contributed by atoms with Gasteiger partial charge in [-0.15, -0.1) is 0 Å². The van der Waals surface area contributed by atoms with Crippen molar-refractivity contribution >= 4 is 17.6 Å². The average Bonchev–Trinajstić information content (AvgIpc) is 2.24. The fourth-order valence-corrected chi connectivity index (χ4v) is 1.16. The van der Waals surface area contributed by atoms with Gasteiger partial charge in [0.2, 0.25) is 5.91 Å². The van der Waals surface area contributed by atoms with Crippen molar-refractivity contribution < 1.29 is 23.5 Å². The Morgan fingerprint density at radius 1 is 1.28 bits per heavy atom. The van der Waals surface area contributed by atoms with Gasteiger partial charge < -0.3 is 10.4 Å². The number of hydrogen-bond acceptors (Lipinski definition) is 3. The molecule has 0 aliphatic carbocycles. The van der Waals surface area contributed by atoms with Gasteiger partial charge in [-0.25, -0.2) is 8.78 Å². The van der Waals surface area contributed by atoms with Gasteiger partial charge in [-0.3, -0.25) is 14.9 Å². The highest BCUT2D eigenvalue weighted by Crippen LogP contribution is 2.12. The number of nitrogens with one attached hydrogen (secondary N) is 2. The second-order valence-corrected chi connectivity index (χ2v) is 3.65. The van der Waals surface area contributed by atoms with E-state index >= 15 is 0 Å². The summed E-state index contributed by atoms with van der Waals surface area (Å²) in [5.41, 5.74) is -0.0257. The van der Waals surface area contributed by atoms with Gasteiger partial charge in [-0.05, 0) is 19.1 Å². The van der Waals surface area contributed by atoms with Gasteiger partial charge in [0, 0.05) is 11.8 Å². The summed E-state index contributed by atoms with van der Waals surface area (Å²) < 4.78 is 25.6. The summed E-state index contributed by atoms with van der Waals surface area (Å²) in [6.07, 6.45) is 0. The van der Waals surface area contributed by atoms with Crippen molar-refractivity contribution in [1.29, 1.82) is 0 Å². The molecule has 0 aromatic heterocycles. The van der Waals surface area contributed by atoms with Crippen molar-refractivity contribution in [3.05, 3.63) is 29.8 Å². The predicted molar refractivity (Wildman–Crippen MR) is 60.1 cm³/mol. The summed E-state index contributed by atoms with van der Waals surface area (Å²) >= 11 is 0. The Morgan fingerprint density at radius 3 is 2.33 bits per heavy atom. The Kier molecular flexibility index (Phi) is 4.73. The van der Waals surface area contributed by atoms with Crippen LogP contribution in [0.1, 0.15) is 6.92 Å². The molecule has 7 heteroatoms. The number of anilines is 1. The highest BCUT2D eigenvalue weighted by atomic mass is 19.1. The normalized spacial score (nSPS) is 11.9. The van der Waals surface area contributed by atoms with Gasteiger partial charge in [0.1, 0.15) is 17.7 Å². The minimum atomic E-state index is -1.10. The van der Waals surface area contributed by atoms with Crippen LogP contribution in [0.2, 0.25) is 0 Å². The fourth-order valence-electron chi connectivity index (χ4n) is 1.16. The molecule has 0 aliphatic heterocycles. The summed E-state index contributed by atoms with van der Waals surface area (Å²) in [7, 11) is 0. The lowest BCUT2D eigenvalue weighted by molar-refractivity contribution is -0.139. The van der Waals surface area contributed by atoms with E-state index in [4.69, 9.17) is 5.11 Å². The van der Waals surface area contributed by atoms with Crippen molar-refractivity contribution in [1.82, 2.24) is 5.32 Å². The molecule has 18 heavy (non-hydrogen) atoms. The van der Waals surface area contributed by atoms with Gasteiger partial charge in [-0.2, -0.15) is 0 Å². The van der Waals surface area contributed by atoms with E-state index < -0.39 is 29.6 Å². The number of hydrogen-bond donors (Lipinski definition) is 3. The number of amides is 1. The first-order valence-corrected chi connectivity index (χ1v) is 5.10. The first-order valence-electron chi connectivity index (χ1n) is 5.10. The Balaban J connectivity index is 2.52. The van der Waals surface area contributed by atoms with E-state index in [1.54, 1.807) is 0 Å². The lowest BCUT2D eigenvalue weighted by Crippen LogP contribution is -2.39. The second kappa shape index (κ2) is 6.06. The molecule has 3 N–H and O–H groups in total. The topological polar surface area (TPSA) is 78.4 Å². The average molecular weight is 258 g/mol. The fraction of sp³-hybridized carbons (Fsp3) is 0.273. The third-order valence-electron chi connectivity index (χ3n) is 2.09. The number of aliphatic carboxylic acids is 1. The van der Waals surface area contributed by atoms with Gasteiger partial charge >= 0.3 is 5.97 Å².